The van der Waals surface area contributed by atoms with Gasteiger partial charge in [0, 0.05) is 56.9 Å². The molecule has 1 aliphatic rings. The molecule has 0 aliphatic carbocycles. The number of rotatable bonds is 8. The third-order valence-corrected chi connectivity index (χ3v) is 8.09. The second kappa shape index (κ2) is 9.93. The first kappa shape index (κ1) is 24.1. The Balaban J connectivity index is 1.81. The molecule has 0 amide bonds. The van der Waals surface area contributed by atoms with Gasteiger partial charge in [0.1, 0.15) is 11.5 Å². The van der Waals surface area contributed by atoms with E-state index in [0.717, 1.165) is 6.07 Å². The van der Waals surface area contributed by atoms with E-state index in [1.165, 1.54) is 22.5 Å². The van der Waals surface area contributed by atoms with Gasteiger partial charge in [0.25, 0.3) is 5.69 Å². The van der Waals surface area contributed by atoms with Gasteiger partial charge >= 0.3 is 0 Å². The van der Waals surface area contributed by atoms with Crippen LogP contribution in [0.2, 0.25) is 0 Å². The van der Waals surface area contributed by atoms with Gasteiger partial charge in [-0.15, -0.1) is 0 Å². The Kier molecular flexibility index (Phi) is 7.47. The number of piperazine rings is 1. The lowest BCUT2D eigenvalue weighted by atomic mass is 10.1. The molecular weight excluding hydrogens is 435 g/mol. The van der Waals surface area contributed by atoms with Crippen LogP contribution in [0.1, 0.15) is 32.4 Å². The van der Waals surface area contributed by atoms with E-state index >= 15 is 0 Å². The Hall–Kier alpha value is -2.56. The summed E-state index contributed by atoms with van der Waals surface area (Å²) in [6, 6.07) is 10.7. The molecule has 1 aliphatic heterocycles. The van der Waals surface area contributed by atoms with Crippen molar-refractivity contribution in [3.63, 3.8) is 0 Å². The minimum atomic E-state index is -3.79. The molecule has 0 radical (unpaired) electrons. The Morgan fingerprint density at radius 1 is 1.09 bits per heavy atom. The maximum Gasteiger partial charge on any atom is 0.293 e. The predicted molar refractivity (Wildman–Crippen MR) is 122 cm³/mol. The largest absolute Gasteiger partial charge is 0.363 e. The molecule has 0 bridgehead atoms. The van der Waals surface area contributed by atoms with E-state index < -0.39 is 14.9 Å². The van der Waals surface area contributed by atoms with Gasteiger partial charge in [-0.1, -0.05) is 32.0 Å². The van der Waals surface area contributed by atoms with E-state index in [9.17, 15) is 22.9 Å². The van der Waals surface area contributed by atoms with E-state index in [1.807, 2.05) is 17.9 Å². The van der Waals surface area contributed by atoms with E-state index in [4.69, 9.17) is 0 Å². The zero-order chi connectivity index (χ0) is 23.5. The normalized spacial score (nSPS) is 16.3. The van der Waals surface area contributed by atoms with Crippen molar-refractivity contribution in [2.24, 2.45) is 0 Å². The van der Waals surface area contributed by atoms with Crippen LogP contribution in [-0.4, -0.2) is 61.8 Å². The minimum absolute atomic E-state index is 0.0801. The number of nitro benzene ring substituents is 1. The molecule has 2 aromatic carbocycles. The lowest BCUT2D eigenvalue weighted by molar-refractivity contribution is -0.384. The van der Waals surface area contributed by atoms with Gasteiger partial charge in [-0.05, 0) is 25.1 Å². The first-order chi connectivity index (χ1) is 15.2. The van der Waals surface area contributed by atoms with Crippen LogP contribution < -0.4 is 4.90 Å². The minimum Gasteiger partial charge on any atom is -0.363 e. The second-order valence-electron chi connectivity index (χ2n) is 7.72. The summed E-state index contributed by atoms with van der Waals surface area (Å²) in [4.78, 5) is 15.2. The van der Waals surface area contributed by atoms with E-state index in [2.05, 4.69) is 4.90 Å². The molecule has 1 heterocycles. The highest BCUT2D eigenvalue weighted by atomic mass is 32.2. The van der Waals surface area contributed by atoms with Crippen molar-refractivity contribution >= 4 is 21.4 Å². The number of nitrogens with zero attached hydrogens (tertiary/aromatic N) is 4. The number of benzene rings is 2. The molecule has 1 fully saturated rings. The third kappa shape index (κ3) is 4.77. The molecule has 174 valence electrons. The number of halogens is 1. The Labute approximate surface area is 188 Å². The fourth-order valence-corrected chi connectivity index (χ4v) is 5.63. The number of sulfonamides is 1. The topological polar surface area (TPSA) is 87.0 Å². The van der Waals surface area contributed by atoms with Crippen LogP contribution in [-0.2, 0) is 10.0 Å². The van der Waals surface area contributed by atoms with Crippen LogP contribution in [0.3, 0.4) is 0 Å². The van der Waals surface area contributed by atoms with Crippen LogP contribution in [0.25, 0.3) is 0 Å². The van der Waals surface area contributed by atoms with Gasteiger partial charge in [0.15, 0.2) is 0 Å². The molecule has 10 heteroatoms. The summed E-state index contributed by atoms with van der Waals surface area (Å²) in [6.07, 6.45) is 0. The molecule has 0 aromatic heterocycles. The lowest BCUT2D eigenvalue weighted by Crippen LogP contribution is -2.47. The van der Waals surface area contributed by atoms with Crippen molar-refractivity contribution in [1.29, 1.82) is 0 Å². The van der Waals surface area contributed by atoms with Gasteiger partial charge in [-0.25, -0.2) is 12.8 Å². The zero-order valence-corrected chi connectivity index (χ0v) is 19.4. The quantitative estimate of drug-likeness (QED) is 0.438. The van der Waals surface area contributed by atoms with Crippen molar-refractivity contribution in [1.82, 2.24) is 9.21 Å². The Morgan fingerprint density at radius 3 is 2.28 bits per heavy atom. The monoisotopic (exact) mass is 464 g/mol. The van der Waals surface area contributed by atoms with E-state index in [1.54, 1.807) is 26.0 Å². The average Bonchev–Trinajstić information content (AvgIpc) is 2.79. The molecule has 1 atom stereocenters. The summed E-state index contributed by atoms with van der Waals surface area (Å²) in [5.74, 6) is -0.247. The number of nitro groups is 1. The highest BCUT2D eigenvalue weighted by molar-refractivity contribution is 7.89. The van der Waals surface area contributed by atoms with Crippen molar-refractivity contribution in [3.05, 3.63) is 64.0 Å². The second-order valence-corrected chi connectivity index (χ2v) is 9.66. The lowest BCUT2D eigenvalue weighted by Gasteiger charge is -2.39. The highest BCUT2D eigenvalue weighted by Crippen LogP contribution is 2.33. The summed E-state index contributed by atoms with van der Waals surface area (Å²) in [6.45, 7) is 8.22. The maximum atomic E-state index is 14.2. The Morgan fingerprint density at radius 2 is 1.72 bits per heavy atom. The van der Waals surface area contributed by atoms with Crippen molar-refractivity contribution < 1.29 is 17.7 Å². The molecule has 3 rings (SSSR count). The maximum absolute atomic E-state index is 14.2. The predicted octanol–water partition coefficient (Wildman–Crippen LogP) is 3.65. The zero-order valence-electron chi connectivity index (χ0n) is 18.6. The molecule has 2 aromatic rings. The van der Waals surface area contributed by atoms with Crippen LogP contribution >= 0.6 is 0 Å². The number of anilines is 1. The first-order valence-corrected chi connectivity index (χ1v) is 12.2. The molecule has 0 saturated carbocycles. The highest BCUT2D eigenvalue weighted by Gasteiger charge is 2.30. The molecule has 1 saturated heterocycles. The standard InChI is InChI=1S/C22H29FN4O4S/c1-4-26(5-2)32(30,31)18-10-11-21(22(16-18)27(28)29)25-14-12-24(13-15-25)17(3)19-8-6-7-9-20(19)23/h6-11,16-17H,4-5,12-15H2,1-3H3. The van der Waals surface area contributed by atoms with Gasteiger partial charge in [0.2, 0.25) is 10.0 Å². The SMILES string of the molecule is CCN(CC)S(=O)(=O)c1ccc(N2CCN(C(C)c3ccccc3F)CC2)c([N+](=O)[O-])c1. The fourth-order valence-electron chi connectivity index (χ4n) is 4.15. The van der Waals surface area contributed by atoms with Gasteiger partial charge in [-0.2, -0.15) is 4.31 Å². The van der Waals surface area contributed by atoms with Gasteiger partial charge < -0.3 is 4.90 Å². The van der Waals surface area contributed by atoms with Gasteiger partial charge in [-0.3, -0.25) is 15.0 Å². The average molecular weight is 465 g/mol. The number of hydrogen-bond donors (Lipinski definition) is 0. The van der Waals surface area contributed by atoms with Crippen molar-refractivity contribution in [2.45, 2.75) is 31.7 Å². The molecule has 32 heavy (non-hydrogen) atoms. The van der Waals surface area contributed by atoms with Crippen LogP contribution in [0.5, 0.6) is 0 Å². The molecular formula is C22H29FN4O4S. The van der Waals surface area contributed by atoms with Crippen LogP contribution in [0, 0.1) is 15.9 Å². The number of hydrogen-bond acceptors (Lipinski definition) is 6. The van der Waals surface area contributed by atoms with Crippen molar-refractivity contribution in [2.75, 3.05) is 44.2 Å². The molecule has 0 spiro atoms. The first-order valence-electron chi connectivity index (χ1n) is 10.7. The molecule has 8 nitrogen and oxygen atoms in total. The van der Waals surface area contributed by atoms with E-state index in [0.29, 0.717) is 37.4 Å². The van der Waals surface area contributed by atoms with Crippen LogP contribution in [0.15, 0.2) is 47.4 Å². The Bertz CT molecular complexity index is 1070. The van der Waals surface area contributed by atoms with E-state index in [-0.39, 0.29) is 35.5 Å². The summed E-state index contributed by atoms with van der Waals surface area (Å²) < 4.78 is 41.0. The third-order valence-electron chi connectivity index (χ3n) is 6.04. The van der Waals surface area contributed by atoms with Crippen LogP contribution in [0.4, 0.5) is 15.8 Å². The summed E-state index contributed by atoms with van der Waals surface area (Å²) in [7, 11) is -3.79. The van der Waals surface area contributed by atoms with Crippen molar-refractivity contribution in [3.8, 4) is 0 Å². The molecule has 1 unspecified atom stereocenters. The fraction of sp³-hybridized carbons (Fsp3) is 0.455. The summed E-state index contributed by atoms with van der Waals surface area (Å²) in [5, 5.41) is 11.8. The summed E-state index contributed by atoms with van der Waals surface area (Å²) in [5.41, 5.74) is 0.790. The molecule has 0 N–H and O–H groups in total. The summed E-state index contributed by atoms with van der Waals surface area (Å²) >= 11 is 0. The smallest absolute Gasteiger partial charge is 0.293 e. The van der Waals surface area contributed by atoms with Gasteiger partial charge in [0.05, 0.1) is 9.82 Å².